The monoisotopic (exact) mass is 458 g/mol. The molecule has 178 valence electrons. The number of fused-ring (bicyclic) bond motifs is 1. The first-order valence-corrected chi connectivity index (χ1v) is 11.9. The van der Waals surface area contributed by atoms with Crippen LogP contribution in [-0.4, -0.2) is 26.8 Å². The molecule has 0 aliphatic rings. The van der Waals surface area contributed by atoms with E-state index in [9.17, 15) is 9.59 Å². The molecular weight excluding hydrogens is 424 g/mol. The van der Waals surface area contributed by atoms with Gasteiger partial charge in [0, 0.05) is 44.8 Å². The van der Waals surface area contributed by atoms with Gasteiger partial charge in [-0.2, -0.15) is 0 Å². The van der Waals surface area contributed by atoms with Crippen LogP contribution >= 0.6 is 0 Å². The number of rotatable bonds is 5. The lowest BCUT2D eigenvalue weighted by Gasteiger charge is -2.21. The van der Waals surface area contributed by atoms with Gasteiger partial charge in [-0.25, -0.2) is 4.79 Å². The van der Waals surface area contributed by atoms with E-state index in [1.54, 1.807) is 11.6 Å². The first-order chi connectivity index (χ1) is 16.1. The van der Waals surface area contributed by atoms with Crippen molar-refractivity contribution in [3.05, 3.63) is 81.1 Å². The van der Waals surface area contributed by atoms with Gasteiger partial charge in [0.05, 0.1) is 16.6 Å². The highest BCUT2D eigenvalue weighted by atomic mass is 16.2. The van der Waals surface area contributed by atoms with Crippen molar-refractivity contribution in [2.45, 2.75) is 40.0 Å². The fourth-order valence-electron chi connectivity index (χ4n) is 4.57. The molecule has 6 heteroatoms. The van der Waals surface area contributed by atoms with E-state index in [4.69, 9.17) is 0 Å². The molecule has 2 aromatic heterocycles. The summed E-state index contributed by atoms with van der Waals surface area (Å²) in [5.74, 6) is 0. The van der Waals surface area contributed by atoms with Gasteiger partial charge in [-0.15, -0.1) is 0 Å². The van der Waals surface area contributed by atoms with Crippen LogP contribution in [0.15, 0.2) is 64.3 Å². The number of nitrogens with zero attached hydrogens (tertiary/aromatic N) is 4. The lowest BCUT2D eigenvalue weighted by molar-refractivity contribution is 0.590. The predicted molar refractivity (Wildman–Crippen MR) is 141 cm³/mol. The Morgan fingerprint density at radius 1 is 0.824 bits per heavy atom. The van der Waals surface area contributed by atoms with Crippen LogP contribution in [0.3, 0.4) is 0 Å². The van der Waals surface area contributed by atoms with Crippen molar-refractivity contribution in [2.24, 2.45) is 14.1 Å². The van der Waals surface area contributed by atoms with Crippen LogP contribution in [-0.2, 0) is 19.5 Å². The summed E-state index contributed by atoms with van der Waals surface area (Å²) in [6.07, 6.45) is 1.90. The molecule has 4 aromatic rings. The zero-order chi connectivity index (χ0) is 24.8. The number of aryl methyl sites for hydroxylation is 1. The summed E-state index contributed by atoms with van der Waals surface area (Å²) >= 11 is 0. The predicted octanol–water partition coefficient (Wildman–Crippen LogP) is 4.84. The van der Waals surface area contributed by atoms with Gasteiger partial charge < -0.3 is 9.47 Å². The standard InChI is InChI=1S/C28H34N4O2/c1-8-31(9-2)21-14-16-22(17-15-21)32-18-23-24(26(33)30(7)27(34)29(23)6)25(32)19-10-12-20(13-11-19)28(3,4)5/h10-18H,8-9H2,1-7H3. The van der Waals surface area contributed by atoms with E-state index in [2.05, 4.69) is 88.0 Å². The third-order valence-corrected chi connectivity index (χ3v) is 6.72. The van der Waals surface area contributed by atoms with Gasteiger partial charge in [-0.05, 0) is 54.7 Å². The molecule has 0 bridgehead atoms. The minimum atomic E-state index is -0.332. The Morgan fingerprint density at radius 3 is 1.94 bits per heavy atom. The minimum Gasteiger partial charge on any atom is -0.372 e. The van der Waals surface area contributed by atoms with Gasteiger partial charge in [-0.3, -0.25) is 13.9 Å². The third kappa shape index (κ3) is 3.87. The van der Waals surface area contributed by atoms with Gasteiger partial charge in [-0.1, -0.05) is 45.0 Å². The molecule has 0 aliphatic heterocycles. The molecule has 0 saturated carbocycles. The molecule has 0 spiro atoms. The van der Waals surface area contributed by atoms with E-state index < -0.39 is 0 Å². The summed E-state index contributed by atoms with van der Waals surface area (Å²) in [5.41, 5.74) is 5.09. The molecule has 2 aromatic carbocycles. The quantitative estimate of drug-likeness (QED) is 0.430. The second-order valence-electron chi connectivity index (χ2n) is 9.83. The largest absolute Gasteiger partial charge is 0.372 e. The zero-order valence-electron chi connectivity index (χ0n) is 21.2. The van der Waals surface area contributed by atoms with Crippen LogP contribution in [0, 0.1) is 0 Å². The third-order valence-electron chi connectivity index (χ3n) is 6.72. The van der Waals surface area contributed by atoms with Gasteiger partial charge in [0.2, 0.25) is 0 Å². The molecule has 0 fully saturated rings. The van der Waals surface area contributed by atoms with E-state index in [0.29, 0.717) is 10.9 Å². The summed E-state index contributed by atoms with van der Waals surface area (Å²) in [6.45, 7) is 12.7. The lowest BCUT2D eigenvalue weighted by atomic mass is 9.86. The molecule has 0 atom stereocenters. The Morgan fingerprint density at radius 2 is 1.41 bits per heavy atom. The summed E-state index contributed by atoms with van der Waals surface area (Å²) in [6, 6.07) is 16.7. The maximum absolute atomic E-state index is 13.3. The van der Waals surface area contributed by atoms with Crippen LogP contribution in [0.2, 0.25) is 0 Å². The highest BCUT2D eigenvalue weighted by Gasteiger charge is 2.21. The summed E-state index contributed by atoms with van der Waals surface area (Å²) < 4.78 is 4.76. The van der Waals surface area contributed by atoms with Crippen molar-refractivity contribution in [3.8, 4) is 16.9 Å². The van der Waals surface area contributed by atoms with Crippen molar-refractivity contribution >= 4 is 16.6 Å². The minimum absolute atomic E-state index is 0.0306. The molecule has 0 aliphatic carbocycles. The van der Waals surface area contributed by atoms with E-state index in [1.165, 1.54) is 17.2 Å². The Balaban J connectivity index is 2.01. The molecule has 0 saturated heterocycles. The Labute approximate surface area is 200 Å². The number of anilines is 1. The highest BCUT2D eigenvalue weighted by molar-refractivity contribution is 5.94. The van der Waals surface area contributed by atoms with E-state index >= 15 is 0 Å². The molecule has 0 unspecified atom stereocenters. The molecule has 4 rings (SSSR count). The maximum atomic E-state index is 13.3. The van der Waals surface area contributed by atoms with E-state index in [0.717, 1.165) is 35.7 Å². The zero-order valence-corrected chi connectivity index (χ0v) is 21.2. The molecule has 0 amide bonds. The van der Waals surface area contributed by atoms with Crippen LogP contribution in [0.4, 0.5) is 5.69 Å². The van der Waals surface area contributed by atoms with Crippen LogP contribution in [0.1, 0.15) is 40.2 Å². The number of benzene rings is 2. The second kappa shape index (κ2) is 8.67. The van der Waals surface area contributed by atoms with Crippen LogP contribution < -0.4 is 16.1 Å². The van der Waals surface area contributed by atoms with Gasteiger partial charge in [0.15, 0.2) is 0 Å². The molecule has 0 N–H and O–H groups in total. The number of aromatic nitrogens is 3. The van der Waals surface area contributed by atoms with Gasteiger partial charge >= 0.3 is 5.69 Å². The van der Waals surface area contributed by atoms with Crippen molar-refractivity contribution in [1.82, 2.24) is 13.7 Å². The number of hydrogen-bond acceptors (Lipinski definition) is 3. The summed E-state index contributed by atoms with van der Waals surface area (Å²) in [4.78, 5) is 28.3. The maximum Gasteiger partial charge on any atom is 0.330 e. The smallest absolute Gasteiger partial charge is 0.330 e. The molecular formula is C28H34N4O2. The molecule has 6 nitrogen and oxygen atoms in total. The molecule has 0 radical (unpaired) electrons. The Bertz CT molecular complexity index is 1440. The van der Waals surface area contributed by atoms with E-state index in [-0.39, 0.29) is 16.7 Å². The molecule has 2 heterocycles. The first-order valence-electron chi connectivity index (χ1n) is 11.9. The van der Waals surface area contributed by atoms with Crippen molar-refractivity contribution in [1.29, 1.82) is 0 Å². The average Bonchev–Trinajstić information content (AvgIpc) is 3.23. The summed E-state index contributed by atoms with van der Waals surface area (Å²) in [5, 5.41) is 0.543. The fourth-order valence-corrected chi connectivity index (χ4v) is 4.57. The van der Waals surface area contributed by atoms with Crippen molar-refractivity contribution in [3.63, 3.8) is 0 Å². The van der Waals surface area contributed by atoms with Crippen molar-refractivity contribution < 1.29 is 0 Å². The van der Waals surface area contributed by atoms with Gasteiger partial charge in [0.1, 0.15) is 0 Å². The SMILES string of the molecule is CCN(CC)c1ccc(-n2cc3c(c2-c2ccc(C(C)(C)C)cc2)c(=O)n(C)c(=O)n3C)cc1. The molecule has 34 heavy (non-hydrogen) atoms. The van der Waals surface area contributed by atoms with Crippen LogP contribution in [0.25, 0.3) is 27.8 Å². The number of hydrogen-bond donors (Lipinski definition) is 0. The second-order valence-corrected chi connectivity index (χ2v) is 9.83. The van der Waals surface area contributed by atoms with E-state index in [1.807, 2.05) is 10.8 Å². The topological polar surface area (TPSA) is 52.2 Å². The Hall–Kier alpha value is -3.54. The van der Waals surface area contributed by atoms with Crippen molar-refractivity contribution in [2.75, 3.05) is 18.0 Å². The average molecular weight is 459 g/mol. The normalized spacial score (nSPS) is 11.9. The first kappa shape index (κ1) is 23.6. The van der Waals surface area contributed by atoms with Gasteiger partial charge in [0.25, 0.3) is 5.56 Å². The summed E-state index contributed by atoms with van der Waals surface area (Å²) in [7, 11) is 3.25. The van der Waals surface area contributed by atoms with Crippen LogP contribution in [0.5, 0.6) is 0 Å². The highest BCUT2D eigenvalue weighted by Crippen LogP contribution is 2.33. The Kier molecular flexibility index (Phi) is 6.02. The lowest BCUT2D eigenvalue weighted by Crippen LogP contribution is -2.36. The fraction of sp³-hybridized carbons (Fsp3) is 0.357.